The Morgan fingerprint density at radius 2 is 1.86 bits per heavy atom. The quantitative estimate of drug-likeness (QED) is 0.551. The summed E-state index contributed by atoms with van der Waals surface area (Å²) in [4.78, 5) is 15.2. The van der Waals surface area contributed by atoms with Crippen LogP contribution in [0.15, 0.2) is 34.9 Å². The van der Waals surface area contributed by atoms with E-state index < -0.39 is 5.97 Å². The molecule has 0 atom stereocenters. The van der Waals surface area contributed by atoms with Gasteiger partial charge in [-0.3, -0.25) is 0 Å². The topological polar surface area (TPSA) is 70.8 Å². The summed E-state index contributed by atoms with van der Waals surface area (Å²) in [5.41, 5.74) is 0.126. The molecule has 0 N–H and O–H groups in total. The van der Waals surface area contributed by atoms with Gasteiger partial charge in [0.2, 0.25) is 5.89 Å². The first-order valence-electron chi connectivity index (χ1n) is 7.11. The van der Waals surface area contributed by atoms with E-state index in [1.807, 2.05) is 24.3 Å². The summed E-state index contributed by atoms with van der Waals surface area (Å²) in [6.07, 6.45) is 3.38. The van der Waals surface area contributed by atoms with Gasteiger partial charge >= 0.3 is 5.97 Å². The number of hydrogen-bond acceptors (Lipinski definition) is 6. The van der Waals surface area contributed by atoms with Crippen molar-refractivity contribution in [3.8, 4) is 11.5 Å². The normalized spacial score (nSPS) is 10.3. The Morgan fingerprint density at radius 1 is 1.18 bits per heavy atom. The fraction of sp³-hybridized carbons (Fsp3) is 0.375. The molecule has 0 aliphatic rings. The summed E-state index contributed by atoms with van der Waals surface area (Å²) >= 11 is 0. The number of hydrogen-bond donors (Lipinski definition) is 0. The van der Waals surface area contributed by atoms with Crippen LogP contribution in [-0.2, 0) is 11.3 Å². The van der Waals surface area contributed by atoms with Crippen molar-refractivity contribution in [1.82, 2.24) is 4.98 Å². The van der Waals surface area contributed by atoms with Gasteiger partial charge in [-0.25, -0.2) is 9.78 Å². The molecule has 2 aromatic rings. The smallest absolute Gasteiger partial charge is 0.360 e. The van der Waals surface area contributed by atoms with Gasteiger partial charge in [0.1, 0.15) is 17.8 Å². The second kappa shape index (κ2) is 8.07. The average molecular weight is 305 g/mol. The zero-order valence-corrected chi connectivity index (χ0v) is 12.7. The first kappa shape index (κ1) is 15.9. The second-order valence-corrected chi connectivity index (χ2v) is 4.58. The monoisotopic (exact) mass is 305 g/mol. The van der Waals surface area contributed by atoms with Crippen LogP contribution in [0.4, 0.5) is 0 Å². The number of methoxy groups -OCH3 is 1. The maximum Gasteiger partial charge on any atom is 0.360 e. The Morgan fingerprint density at radius 3 is 2.50 bits per heavy atom. The molecule has 0 aliphatic heterocycles. The van der Waals surface area contributed by atoms with E-state index in [0.717, 1.165) is 18.6 Å². The highest BCUT2D eigenvalue weighted by atomic mass is 16.5. The average Bonchev–Trinajstić information content (AvgIpc) is 3.02. The number of carbonyl (C=O) groups excluding carboxylic acids is 1. The molecule has 1 aromatic heterocycles. The van der Waals surface area contributed by atoms with Gasteiger partial charge in [0.15, 0.2) is 12.3 Å². The number of rotatable bonds is 8. The number of benzene rings is 1. The highest BCUT2D eigenvalue weighted by Gasteiger charge is 2.12. The summed E-state index contributed by atoms with van der Waals surface area (Å²) in [5, 5.41) is 0. The van der Waals surface area contributed by atoms with E-state index in [1.54, 1.807) is 0 Å². The van der Waals surface area contributed by atoms with Gasteiger partial charge in [0, 0.05) is 0 Å². The van der Waals surface area contributed by atoms with Crippen LogP contribution in [0.3, 0.4) is 0 Å². The Labute approximate surface area is 129 Å². The molecule has 0 bridgehead atoms. The molecule has 6 heteroatoms. The van der Waals surface area contributed by atoms with Crippen LogP contribution >= 0.6 is 0 Å². The van der Waals surface area contributed by atoms with Crippen molar-refractivity contribution in [3.63, 3.8) is 0 Å². The molecule has 0 aliphatic carbocycles. The number of esters is 1. The molecule has 0 radical (unpaired) electrons. The van der Waals surface area contributed by atoms with Gasteiger partial charge in [-0.15, -0.1) is 0 Å². The van der Waals surface area contributed by atoms with E-state index in [-0.39, 0.29) is 12.3 Å². The van der Waals surface area contributed by atoms with Crippen molar-refractivity contribution in [3.05, 3.63) is 42.1 Å². The van der Waals surface area contributed by atoms with E-state index in [9.17, 15) is 4.79 Å². The number of oxazole rings is 1. The van der Waals surface area contributed by atoms with Gasteiger partial charge in [-0.1, -0.05) is 13.3 Å². The molecule has 0 amide bonds. The molecule has 1 heterocycles. The van der Waals surface area contributed by atoms with E-state index in [2.05, 4.69) is 16.6 Å². The Bertz CT molecular complexity index is 591. The van der Waals surface area contributed by atoms with E-state index in [4.69, 9.17) is 13.9 Å². The molecule has 0 unspecified atom stereocenters. The molecule has 118 valence electrons. The Balaban J connectivity index is 1.83. The van der Waals surface area contributed by atoms with E-state index >= 15 is 0 Å². The second-order valence-electron chi connectivity index (χ2n) is 4.58. The van der Waals surface area contributed by atoms with Gasteiger partial charge < -0.3 is 18.6 Å². The lowest BCUT2D eigenvalue weighted by Gasteiger charge is -2.07. The number of ether oxygens (including phenoxy) is 3. The summed E-state index contributed by atoms with van der Waals surface area (Å²) < 4.78 is 20.8. The first-order valence-corrected chi connectivity index (χ1v) is 7.11. The largest absolute Gasteiger partial charge is 0.494 e. The molecule has 0 saturated heterocycles. The third kappa shape index (κ3) is 4.51. The summed E-state index contributed by atoms with van der Waals surface area (Å²) in [6, 6.07) is 7.32. The molecule has 2 rings (SSSR count). The van der Waals surface area contributed by atoms with Crippen LogP contribution in [0.1, 0.15) is 36.1 Å². The molecule has 1 aromatic carbocycles. The fourth-order valence-corrected chi connectivity index (χ4v) is 1.69. The minimum absolute atomic E-state index is 0.126. The third-order valence-electron chi connectivity index (χ3n) is 2.90. The third-order valence-corrected chi connectivity index (χ3v) is 2.90. The number of unbranched alkanes of at least 4 members (excludes halogenated alkanes) is 1. The molecule has 22 heavy (non-hydrogen) atoms. The van der Waals surface area contributed by atoms with Crippen LogP contribution in [0.5, 0.6) is 11.5 Å². The Kier molecular flexibility index (Phi) is 5.82. The van der Waals surface area contributed by atoms with Crippen molar-refractivity contribution in [2.24, 2.45) is 0 Å². The lowest BCUT2D eigenvalue weighted by molar-refractivity contribution is 0.0594. The van der Waals surface area contributed by atoms with E-state index in [1.165, 1.54) is 13.4 Å². The van der Waals surface area contributed by atoms with Crippen molar-refractivity contribution in [1.29, 1.82) is 0 Å². The van der Waals surface area contributed by atoms with Crippen molar-refractivity contribution < 1.29 is 23.4 Å². The standard InChI is InChI=1S/C16H19NO5/c1-3-4-9-20-12-5-7-13(8-6-12)21-11-15-17-14(10-22-15)16(18)19-2/h5-8,10H,3-4,9,11H2,1-2H3. The number of carbonyl (C=O) groups is 1. The van der Waals surface area contributed by atoms with Crippen molar-refractivity contribution in [2.75, 3.05) is 13.7 Å². The Hall–Kier alpha value is -2.50. The van der Waals surface area contributed by atoms with Crippen LogP contribution in [0, 0.1) is 0 Å². The molecule has 0 spiro atoms. The summed E-state index contributed by atoms with van der Waals surface area (Å²) in [7, 11) is 1.29. The van der Waals surface area contributed by atoms with E-state index in [0.29, 0.717) is 18.2 Å². The van der Waals surface area contributed by atoms with Gasteiger partial charge in [0.25, 0.3) is 0 Å². The zero-order valence-electron chi connectivity index (χ0n) is 12.7. The van der Waals surface area contributed by atoms with Gasteiger partial charge in [-0.05, 0) is 30.7 Å². The summed E-state index contributed by atoms with van der Waals surface area (Å²) in [6.45, 7) is 2.96. The number of nitrogens with zero attached hydrogens (tertiary/aromatic N) is 1. The lowest BCUT2D eigenvalue weighted by atomic mass is 10.3. The molecule has 6 nitrogen and oxygen atoms in total. The molecular formula is C16H19NO5. The lowest BCUT2D eigenvalue weighted by Crippen LogP contribution is -2.02. The molecule has 0 saturated carbocycles. The predicted octanol–water partition coefficient (Wildman–Crippen LogP) is 3.22. The zero-order chi connectivity index (χ0) is 15.8. The fourth-order valence-electron chi connectivity index (χ4n) is 1.69. The number of aromatic nitrogens is 1. The van der Waals surface area contributed by atoms with Gasteiger partial charge in [0.05, 0.1) is 13.7 Å². The minimum Gasteiger partial charge on any atom is -0.494 e. The van der Waals surface area contributed by atoms with Crippen LogP contribution < -0.4 is 9.47 Å². The molecular weight excluding hydrogens is 286 g/mol. The molecule has 0 fully saturated rings. The predicted molar refractivity (Wildman–Crippen MR) is 79.0 cm³/mol. The maximum atomic E-state index is 11.2. The van der Waals surface area contributed by atoms with Gasteiger partial charge in [-0.2, -0.15) is 0 Å². The minimum atomic E-state index is -0.538. The first-order chi connectivity index (χ1) is 10.7. The van der Waals surface area contributed by atoms with Crippen LogP contribution in [0.2, 0.25) is 0 Å². The highest BCUT2D eigenvalue weighted by Crippen LogP contribution is 2.19. The summed E-state index contributed by atoms with van der Waals surface area (Å²) in [5.74, 6) is 1.25. The van der Waals surface area contributed by atoms with Crippen molar-refractivity contribution >= 4 is 5.97 Å². The SMILES string of the molecule is CCCCOc1ccc(OCc2nc(C(=O)OC)co2)cc1. The maximum absolute atomic E-state index is 11.2. The van der Waals surface area contributed by atoms with Crippen LogP contribution in [-0.4, -0.2) is 24.7 Å². The highest BCUT2D eigenvalue weighted by molar-refractivity contribution is 5.86. The van der Waals surface area contributed by atoms with Crippen LogP contribution in [0.25, 0.3) is 0 Å². The van der Waals surface area contributed by atoms with Crippen molar-refractivity contribution in [2.45, 2.75) is 26.4 Å².